The second kappa shape index (κ2) is 9.67. The van der Waals surface area contributed by atoms with E-state index in [4.69, 9.17) is 5.26 Å². The van der Waals surface area contributed by atoms with E-state index in [1.165, 1.54) is 31.3 Å². The van der Waals surface area contributed by atoms with Crippen molar-refractivity contribution in [2.75, 3.05) is 24.7 Å². The van der Waals surface area contributed by atoms with Gasteiger partial charge in [-0.25, -0.2) is 8.42 Å². The Kier molecular flexibility index (Phi) is 7.53. The number of hydrogen-bond acceptors (Lipinski definition) is 5. The molecule has 7 nitrogen and oxygen atoms in total. The van der Waals surface area contributed by atoms with Gasteiger partial charge in [-0.1, -0.05) is 28.1 Å². The number of carbonyl (C=O) groups excluding carboxylic acids is 2. The van der Waals surface area contributed by atoms with Gasteiger partial charge in [-0.05, 0) is 48.4 Å². The highest BCUT2D eigenvalue weighted by Gasteiger charge is 2.22. The number of halogens is 1. The van der Waals surface area contributed by atoms with Crippen molar-refractivity contribution in [3.8, 4) is 6.07 Å². The quantitative estimate of drug-likeness (QED) is 0.659. The third kappa shape index (κ3) is 7.00. The van der Waals surface area contributed by atoms with Gasteiger partial charge in [-0.2, -0.15) is 5.26 Å². The number of nitrogens with one attached hydrogen (secondary N) is 1. The van der Waals surface area contributed by atoms with E-state index < -0.39 is 27.4 Å². The average molecular weight is 478 g/mol. The van der Waals surface area contributed by atoms with Crippen molar-refractivity contribution in [1.29, 1.82) is 5.26 Å². The number of nitriles is 1. The van der Waals surface area contributed by atoms with Crippen LogP contribution in [0.3, 0.4) is 0 Å². The normalized spacial score (nSPS) is 10.8. The lowest BCUT2D eigenvalue weighted by Gasteiger charge is -2.17. The zero-order valence-corrected chi connectivity index (χ0v) is 18.4. The summed E-state index contributed by atoms with van der Waals surface area (Å²) in [4.78, 5) is 25.5. The molecule has 0 aliphatic carbocycles. The molecule has 2 aromatic carbocycles. The van der Waals surface area contributed by atoms with Gasteiger partial charge in [-0.3, -0.25) is 9.59 Å². The topological polar surface area (TPSA) is 107 Å². The summed E-state index contributed by atoms with van der Waals surface area (Å²) in [5.74, 6) is -2.10. The van der Waals surface area contributed by atoms with E-state index in [2.05, 4.69) is 21.2 Å². The van der Waals surface area contributed by atoms with E-state index in [0.29, 0.717) is 16.8 Å². The first-order valence-corrected chi connectivity index (χ1v) is 11.2. The van der Waals surface area contributed by atoms with Gasteiger partial charge in [0.1, 0.15) is 5.75 Å². The summed E-state index contributed by atoms with van der Waals surface area (Å²) in [7, 11) is -2.33. The second-order valence-corrected chi connectivity index (χ2v) is 9.58. The Labute approximate surface area is 178 Å². The maximum atomic E-state index is 12.3. The largest absolute Gasteiger partial charge is 0.336 e. The highest BCUT2D eigenvalue weighted by Crippen LogP contribution is 2.20. The van der Waals surface area contributed by atoms with Gasteiger partial charge in [0.2, 0.25) is 11.8 Å². The molecule has 2 rings (SSSR count). The lowest BCUT2D eigenvalue weighted by atomic mass is 10.2. The van der Waals surface area contributed by atoms with Crippen LogP contribution >= 0.6 is 15.9 Å². The Bertz CT molecular complexity index is 1060. The van der Waals surface area contributed by atoms with E-state index in [9.17, 15) is 18.0 Å². The molecule has 0 aliphatic rings. The lowest BCUT2D eigenvalue weighted by molar-refractivity contribution is -0.131. The molecular formula is C20H20BrN3O4S. The smallest absolute Gasteiger partial charge is 0.243 e. The second-order valence-electron chi connectivity index (χ2n) is 6.60. The lowest BCUT2D eigenvalue weighted by Crippen LogP contribution is -2.38. The maximum absolute atomic E-state index is 12.3. The minimum absolute atomic E-state index is 0.263. The zero-order chi connectivity index (χ0) is 21.6. The van der Waals surface area contributed by atoms with Gasteiger partial charge in [0.25, 0.3) is 0 Å². The zero-order valence-electron chi connectivity index (χ0n) is 16.0. The van der Waals surface area contributed by atoms with Gasteiger partial charge in [-0.15, -0.1) is 0 Å². The summed E-state index contributed by atoms with van der Waals surface area (Å²) < 4.78 is 25.5. The van der Waals surface area contributed by atoms with Crippen LogP contribution in [0.5, 0.6) is 0 Å². The van der Waals surface area contributed by atoms with Crippen LogP contribution in [0.4, 0.5) is 5.69 Å². The van der Waals surface area contributed by atoms with Gasteiger partial charge in [0.15, 0.2) is 9.84 Å². The molecule has 0 spiro atoms. The monoisotopic (exact) mass is 477 g/mol. The predicted molar refractivity (Wildman–Crippen MR) is 114 cm³/mol. The molecule has 0 radical (unpaired) electrons. The molecule has 0 saturated heterocycles. The number of benzene rings is 2. The fourth-order valence-corrected chi connectivity index (χ4v) is 4.41. The van der Waals surface area contributed by atoms with Crippen molar-refractivity contribution >= 4 is 43.3 Å². The molecular weight excluding hydrogens is 458 g/mol. The van der Waals surface area contributed by atoms with Gasteiger partial charge in [0.05, 0.1) is 23.9 Å². The Balaban J connectivity index is 1.92. The first kappa shape index (κ1) is 22.6. The average Bonchev–Trinajstić information content (AvgIpc) is 2.64. The van der Waals surface area contributed by atoms with Crippen molar-refractivity contribution in [3.63, 3.8) is 0 Å². The van der Waals surface area contributed by atoms with Gasteiger partial charge in [0, 0.05) is 17.2 Å². The van der Waals surface area contributed by atoms with Crippen LogP contribution in [-0.4, -0.2) is 44.5 Å². The SMILES string of the molecule is Cc1cc(Br)ccc1NC(=O)CN(C)C(=O)CS(=O)(=O)Cc1ccc(C#N)cc1. The van der Waals surface area contributed by atoms with Crippen molar-refractivity contribution in [2.24, 2.45) is 0 Å². The summed E-state index contributed by atoms with van der Waals surface area (Å²) in [5, 5.41) is 11.5. The Morgan fingerprint density at radius 2 is 1.83 bits per heavy atom. The molecule has 152 valence electrons. The summed E-state index contributed by atoms with van der Waals surface area (Å²) in [6, 6.07) is 13.4. The molecule has 2 aromatic rings. The van der Waals surface area contributed by atoms with E-state index in [1.54, 1.807) is 12.1 Å². The first-order valence-electron chi connectivity index (χ1n) is 8.59. The number of carbonyl (C=O) groups is 2. The van der Waals surface area contributed by atoms with Crippen molar-refractivity contribution in [3.05, 3.63) is 63.6 Å². The predicted octanol–water partition coefficient (Wildman–Crippen LogP) is 2.64. The van der Waals surface area contributed by atoms with Crippen LogP contribution in [0.1, 0.15) is 16.7 Å². The van der Waals surface area contributed by atoms with Crippen LogP contribution in [0.15, 0.2) is 46.9 Å². The van der Waals surface area contributed by atoms with Crippen molar-refractivity contribution in [1.82, 2.24) is 4.90 Å². The number of nitrogens with zero attached hydrogens (tertiary/aromatic N) is 2. The third-order valence-corrected chi connectivity index (χ3v) is 6.04. The summed E-state index contributed by atoms with van der Waals surface area (Å²) in [6.45, 7) is 1.58. The summed E-state index contributed by atoms with van der Waals surface area (Å²) in [5.41, 5.74) is 2.39. The third-order valence-electron chi connectivity index (χ3n) is 4.08. The molecule has 0 heterocycles. The molecule has 29 heavy (non-hydrogen) atoms. The molecule has 0 aromatic heterocycles. The van der Waals surface area contributed by atoms with Crippen LogP contribution in [0, 0.1) is 18.3 Å². The molecule has 0 bridgehead atoms. The van der Waals surface area contributed by atoms with Crippen LogP contribution < -0.4 is 5.32 Å². The Morgan fingerprint density at radius 1 is 1.17 bits per heavy atom. The van der Waals surface area contributed by atoms with Gasteiger partial charge >= 0.3 is 0 Å². The van der Waals surface area contributed by atoms with E-state index in [-0.39, 0.29) is 12.3 Å². The highest BCUT2D eigenvalue weighted by molar-refractivity contribution is 9.10. The first-order chi connectivity index (χ1) is 13.6. The molecule has 9 heteroatoms. The molecule has 0 unspecified atom stereocenters. The fourth-order valence-electron chi connectivity index (χ4n) is 2.54. The molecule has 0 aliphatic heterocycles. The Hall–Kier alpha value is -2.70. The maximum Gasteiger partial charge on any atom is 0.243 e. The number of amides is 2. The molecule has 1 N–H and O–H groups in total. The molecule has 0 saturated carbocycles. The number of hydrogen-bond donors (Lipinski definition) is 1. The number of likely N-dealkylation sites (N-methyl/N-ethyl adjacent to an activating group) is 1. The standard InChI is InChI=1S/C20H20BrN3O4S/c1-14-9-17(21)7-8-18(14)23-19(25)11-24(2)20(26)13-29(27,28)12-16-5-3-15(10-22)4-6-16/h3-9H,11-13H2,1-2H3,(H,23,25). The summed E-state index contributed by atoms with van der Waals surface area (Å²) in [6.07, 6.45) is 0. The highest BCUT2D eigenvalue weighted by atomic mass is 79.9. The molecule has 2 amide bonds. The van der Waals surface area contributed by atoms with Crippen molar-refractivity contribution in [2.45, 2.75) is 12.7 Å². The van der Waals surface area contributed by atoms with E-state index in [0.717, 1.165) is 14.9 Å². The Morgan fingerprint density at radius 3 is 2.41 bits per heavy atom. The number of sulfone groups is 1. The minimum atomic E-state index is -3.72. The van der Waals surface area contributed by atoms with E-state index >= 15 is 0 Å². The van der Waals surface area contributed by atoms with Crippen LogP contribution in [0.2, 0.25) is 0 Å². The van der Waals surface area contributed by atoms with Crippen LogP contribution in [-0.2, 0) is 25.2 Å². The van der Waals surface area contributed by atoms with E-state index in [1.807, 2.05) is 19.1 Å². The summed E-state index contributed by atoms with van der Waals surface area (Å²) >= 11 is 3.34. The minimum Gasteiger partial charge on any atom is -0.336 e. The molecule has 0 fully saturated rings. The fraction of sp³-hybridized carbons (Fsp3) is 0.250. The number of rotatable bonds is 7. The number of anilines is 1. The van der Waals surface area contributed by atoms with Crippen molar-refractivity contribution < 1.29 is 18.0 Å². The number of aryl methyl sites for hydroxylation is 1. The van der Waals surface area contributed by atoms with Gasteiger partial charge < -0.3 is 10.2 Å². The van der Waals surface area contributed by atoms with Crippen LogP contribution in [0.25, 0.3) is 0 Å². The molecule has 0 atom stereocenters.